The number of nitrogens with zero attached hydrogens (tertiary/aromatic N) is 2. The van der Waals surface area contributed by atoms with E-state index in [2.05, 4.69) is 233 Å². The zero-order chi connectivity index (χ0) is 38.8. The van der Waals surface area contributed by atoms with Gasteiger partial charge in [-0.1, -0.05) is 109 Å². The summed E-state index contributed by atoms with van der Waals surface area (Å²) in [5, 5.41) is 0. The highest BCUT2D eigenvalue weighted by atomic mass is 15.1. The highest BCUT2D eigenvalue weighted by Gasteiger charge is 2.19. The first-order valence-corrected chi connectivity index (χ1v) is 19.5. The molecule has 8 aromatic carbocycles. The SMILES string of the molecule is Cc1cc(C)cc(N(c2ccc(-c3ccccc3)cc2)c2cc(C)cc(-c3cc(C)cc(N(c4ccc(-c5ccccc5)cc4)c4cc(C)cc(C)c4)c3)c2)c1. The molecule has 0 amide bonds. The van der Waals surface area contributed by atoms with Gasteiger partial charge in [-0.15, -0.1) is 0 Å². The molecule has 0 aliphatic rings. The van der Waals surface area contributed by atoms with Crippen molar-refractivity contribution in [2.45, 2.75) is 41.5 Å². The van der Waals surface area contributed by atoms with Crippen LogP contribution in [-0.2, 0) is 0 Å². The lowest BCUT2D eigenvalue weighted by molar-refractivity contribution is 1.24. The van der Waals surface area contributed by atoms with Crippen molar-refractivity contribution in [2.75, 3.05) is 9.80 Å². The molecule has 8 aromatic rings. The fourth-order valence-electron chi connectivity index (χ4n) is 8.04. The third-order valence-electron chi connectivity index (χ3n) is 10.4. The molecular formula is C54H48N2. The van der Waals surface area contributed by atoms with E-state index in [1.165, 1.54) is 66.8 Å². The number of benzene rings is 8. The Kier molecular flexibility index (Phi) is 10.1. The molecule has 0 radical (unpaired) electrons. The van der Waals surface area contributed by atoms with E-state index < -0.39 is 0 Å². The van der Waals surface area contributed by atoms with E-state index in [0.717, 1.165) is 34.1 Å². The maximum absolute atomic E-state index is 2.40. The molecule has 0 aromatic heterocycles. The average molecular weight is 725 g/mol. The van der Waals surface area contributed by atoms with E-state index in [1.54, 1.807) is 0 Å². The first kappa shape index (κ1) is 36.3. The Bertz CT molecular complexity index is 2400. The lowest BCUT2D eigenvalue weighted by Gasteiger charge is -2.28. The molecule has 0 bridgehead atoms. The van der Waals surface area contributed by atoms with Crippen LogP contribution in [0, 0.1) is 41.5 Å². The molecule has 2 nitrogen and oxygen atoms in total. The molecular weight excluding hydrogens is 677 g/mol. The van der Waals surface area contributed by atoms with Crippen molar-refractivity contribution in [3.05, 3.63) is 215 Å². The Morgan fingerprint density at radius 3 is 0.804 bits per heavy atom. The molecule has 0 heterocycles. The summed E-state index contributed by atoms with van der Waals surface area (Å²) in [5.41, 5.74) is 21.4. The fourth-order valence-corrected chi connectivity index (χ4v) is 8.04. The van der Waals surface area contributed by atoms with Gasteiger partial charge in [0.05, 0.1) is 0 Å². The molecule has 0 saturated carbocycles. The van der Waals surface area contributed by atoms with Gasteiger partial charge in [-0.3, -0.25) is 0 Å². The minimum atomic E-state index is 1.12. The van der Waals surface area contributed by atoms with Crippen LogP contribution in [0.2, 0.25) is 0 Å². The second-order valence-electron chi connectivity index (χ2n) is 15.3. The van der Waals surface area contributed by atoms with E-state index in [1.807, 2.05) is 0 Å². The van der Waals surface area contributed by atoms with Crippen molar-refractivity contribution in [2.24, 2.45) is 0 Å². The van der Waals surface area contributed by atoms with Crippen LogP contribution >= 0.6 is 0 Å². The summed E-state index contributed by atoms with van der Waals surface area (Å²) in [6, 6.07) is 66.7. The number of hydrogen-bond acceptors (Lipinski definition) is 2. The maximum atomic E-state index is 2.40. The quantitative estimate of drug-likeness (QED) is 0.146. The molecule has 56 heavy (non-hydrogen) atoms. The predicted molar refractivity (Wildman–Crippen MR) is 241 cm³/mol. The second-order valence-corrected chi connectivity index (χ2v) is 15.3. The van der Waals surface area contributed by atoms with Crippen LogP contribution in [-0.4, -0.2) is 0 Å². The summed E-state index contributed by atoms with van der Waals surface area (Å²) in [7, 11) is 0. The van der Waals surface area contributed by atoms with Gasteiger partial charge in [-0.2, -0.15) is 0 Å². The van der Waals surface area contributed by atoms with Gasteiger partial charge in [0, 0.05) is 34.1 Å². The van der Waals surface area contributed by atoms with E-state index in [9.17, 15) is 0 Å². The van der Waals surface area contributed by atoms with Crippen LogP contribution in [0.3, 0.4) is 0 Å². The van der Waals surface area contributed by atoms with Gasteiger partial charge in [0.25, 0.3) is 0 Å². The Hall–Kier alpha value is -6.64. The van der Waals surface area contributed by atoms with Crippen molar-refractivity contribution in [3.8, 4) is 33.4 Å². The summed E-state index contributed by atoms with van der Waals surface area (Å²) < 4.78 is 0. The van der Waals surface area contributed by atoms with Crippen molar-refractivity contribution in [1.82, 2.24) is 0 Å². The first-order chi connectivity index (χ1) is 27.2. The minimum absolute atomic E-state index is 1.12. The summed E-state index contributed by atoms with van der Waals surface area (Å²) in [4.78, 5) is 4.80. The molecule has 0 aliphatic heterocycles. The molecule has 0 unspecified atom stereocenters. The number of rotatable bonds is 9. The summed E-state index contributed by atoms with van der Waals surface area (Å²) >= 11 is 0. The summed E-state index contributed by atoms with van der Waals surface area (Å²) in [5.74, 6) is 0. The van der Waals surface area contributed by atoms with Gasteiger partial charge in [0.15, 0.2) is 0 Å². The number of anilines is 6. The second kappa shape index (κ2) is 15.6. The lowest BCUT2D eigenvalue weighted by atomic mass is 9.98. The molecule has 0 fully saturated rings. The van der Waals surface area contributed by atoms with Gasteiger partial charge in [-0.25, -0.2) is 0 Å². The maximum Gasteiger partial charge on any atom is 0.0470 e. The fraction of sp³-hybridized carbons (Fsp3) is 0.111. The van der Waals surface area contributed by atoms with Gasteiger partial charge < -0.3 is 9.80 Å². The smallest absolute Gasteiger partial charge is 0.0470 e. The normalized spacial score (nSPS) is 11.0. The van der Waals surface area contributed by atoms with Crippen molar-refractivity contribution >= 4 is 34.1 Å². The molecule has 8 rings (SSSR count). The highest BCUT2D eigenvalue weighted by molar-refractivity contribution is 5.85. The minimum Gasteiger partial charge on any atom is -0.310 e. The van der Waals surface area contributed by atoms with Crippen molar-refractivity contribution < 1.29 is 0 Å². The lowest BCUT2D eigenvalue weighted by Crippen LogP contribution is -2.11. The van der Waals surface area contributed by atoms with Crippen LogP contribution in [0.1, 0.15) is 33.4 Å². The Morgan fingerprint density at radius 1 is 0.214 bits per heavy atom. The number of aryl methyl sites for hydroxylation is 6. The molecule has 274 valence electrons. The Labute approximate surface area is 333 Å². The summed E-state index contributed by atoms with van der Waals surface area (Å²) in [6.45, 7) is 13.1. The van der Waals surface area contributed by atoms with Crippen LogP contribution in [0.25, 0.3) is 33.4 Å². The molecule has 0 atom stereocenters. The van der Waals surface area contributed by atoms with E-state index in [0.29, 0.717) is 0 Å². The van der Waals surface area contributed by atoms with Crippen LogP contribution in [0.4, 0.5) is 34.1 Å². The van der Waals surface area contributed by atoms with Crippen molar-refractivity contribution in [3.63, 3.8) is 0 Å². The van der Waals surface area contributed by atoms with Gasteiger partial charge in [-0.05, 0) is 181 Å². The Balaban J connectivity index is 1.24. The number of hydrogen-bond donors (Lipinski definition) is 0. The topological polar surface area (TPSA) is 6.48 Å². The Morgan fingerprint density at radius 2 is 0.482 bits per heavy atom. The molecule has 0 spiro atoms. The highest BCUT2D eigenvalue weighted by Crippen LogP contribution is 2.42. The van der Waals surface area contributed by atoms with E-state index in [-0.39, 0.29) is 0 Å². The van der Waals surface area contributed by atoms with E-state index >= 15 is 0 Å². The zero-order valence-corrected chi connectivity index (χ0v) is 33.2. The largest absolute Gasteiger partial charge is 0.310 e. The van der Waals surface area contributed by atoms with Crippen LogP contribution in [0.15, 0.2) is 182 Å². The standard InChI is InChI=1S/C54H48N2/c1-37-25-38(2)30-51(29-37)55(49-21-17-45(18-22-49)43-13-9-7-10-14-43)53-33-41(5)27-47(35-53)48-28-42(6)34-54(36-48)56(52-31-39(3)26-40(4)32-52)50-23-19-46(20-24-50)44-15-11-8-12-16-44/h7-36H,1-6H3. The van der Waals surface area contributed by atoms with Crippen LogP contribution < -0.4 is 9.80 Å². The molecule has 0 aliphatic carbocycles. The van der Waals surface area contributed by atoms with E-state index in [4.69, 9.17) is 0 Å². The average Bonchev–Trinajstić information content (AvgIpc) is 3.18. The molecule has 0 saturated heterocycles. The van der Waals surface area contributed by atoms with Gasteiger partial charge >= 0.3 is 0 Å². The third kappa shape index (κ3) is 7.92. The molecule has 0 N–H and O–H groups in total. The first-order valence-electron chi connectivity index (χ1n) is 19.5. The third-order valence-corrected chi connectivity index (χ3v) is 10.4. The van der Waals surface area contributed by atoms with Crippen molar-refractivity contribution in [1.29, 1.82) is 0 Å². The molecule has 2 heteroatoms. The predicted octanol–water partition coefficient (Wildman–Crippen LogP) is 15.5. The van der Waals surface area contributed by atoms with Gasteiger partial charge in [0.2, 0.25) is 0 Å². The summed E-state index contributed by atoms with van der Waals surface area (Å²) in [6.07, 6.45) is 0. The monoisotopic (exact) mass is 724 g/mol. The zero-order valence-electron chi connectivity index (χ0n) is 33.2. The van der Waals surface area contributed by atoms with Gasteiger partial charge in [0.1, 0.15) is 0 Å². The van der Waals surface area contributed by atoms with Crippen LogP contribution in [0.5, 0.6) is 0 Å².